The molecule has 4 heterocycles. The highest BCUT2D eigenvalue weighted by atomic mass is 19.1. The van der Waals surface area contributed by atoms with Gasteiger partial charge in [-0.1, -0.05) is 12.1 Å². The van der Waals surface area contributed by atoms with Crippen LogP contribution in [0.15, 0.2) is 67.4 Å². The van der Waals surface area contributed by atoms with Crippen molar-refractivity contribution < 1.29 is 9.13 Å². The van der Waals surface area contributed by atoms with E-state index >= 15 is 0 Å². The first-order valence-electron chi connectivity index (χ1n) is 9.65. The summed E-state index contributed by atoms with van der Waals surface area (Å²) in [5, 5.41) is 5.39. The molecule has 31 heavy (non-hydrogen) atoms. The summed E-state index contributed by atoms with van der Waals surface area (Å²) in [5.41, 5.74) is 11.7. The summed E-state index contributed by atoms with van der Waals surface area (Å²) < 4.78 is 20.4. The Hall–Kier alpha value is -4.20. The molecule has 0 saturated carbocycles. The van der Waals surface area contributed by atoms with Gasteiger partial charge in [-0.2, -0.15) is 5.10 Å². The van der Waals surface area contributed by atoms with Crippen molar-refractivity contribution in [1.82, 2.24) is 24.7 Å². The lowest BCUT2D eigenvalue weighted by Crippen LogP contribution is -1.99. The molecule has 0 aliphatic carbocycles. The first-order chi connectivity index (χ1) is 15.1. The van der Waals surface area contributed by atoms with E-state index in [2.05, 4.69) is 20.1 Å². The van der Waals surface area contributed by atoms with Crippen LogP contribution in [-0.4, -0.2) is 31.8 Å². The number of halogens is 1. The van der Waals surface area contributed by atoms with Crippen LogP contribution in [0.4, 0.5) is 10.1 Å². The normalized spacial score (nSPS) is 11.2. The molecule has 1 aromatic carbocycles. The van der Waals surface area contributed by atoms with Gasteiger partial charge in [0.15, 0.2) is 0 Å². The average molecular weight is 414 g/mol. The summed E-state index contributed by atoms with van der Waals surface area (Å²) in [5.74, 6) is 0.139. The molecule has 0 aliphatic rings. The molecule has 7 nitrogen and oxygen atoms in total. The second kappa shape index (κ2) is 7.56. The van der Waals surface area contributed by atoms with Gasteiger partial charge in [0.05, 0.1) is 25.5 Å². The smallest absolute Gasteiger partial charge is 0.236 e. The van der Waals surface area contributed by atoms with Gasteiger partial charge in [0.2, 0.25) is 5.88 Å². The Morgan fingerprint density at radius 2 is 1.90 bits per heavy atom. The van der Waals surface area contributed by atoms with E-state index in [0.29, 0.717) is 18.1 Å². The third-order valence-corrected chi connectivity index (χ3v) is 5.11. The number of nitrogens with zero attached hydrogens (tertiary/aromatic N) is 4. The fourth-order valence-electron chi connectivity index (χ4n) is 3.61. The number of ether oxygens (including phenoxy) is 1. The Kier molecular flexibility index (Phi) is 4.59. The quantitative estimate of drug-likeness (QED) is 0.448. The number of pyridine rings is 2. The minimum absolute atomic E-state index is 0.256. The van der Waals surface area contributed by atoms with Gasteiger partial charge in [0.1, 0.15) is 11.5 Å². The molecule has 3 N–H and O–H groups in total. The van der Waals surface area contributed by atoms with Gasteiger partial charge in [-0.25, -0.2) is 14.4 Å². The largest absolute Gasteiger partial charge is 0.480 e. The zero-order chi connectivity index (χ0) is 21.4. The molecule has 0 radical (unpaired) electrons. The number of fused-ring (bicyclic) bond motifs is 1. The lowest BCUT2D eigenvalue weighted by Gasteiger charge is -2.06. The van der Waals surface area contributed by atoms with Crippen molar-refractivity contribution in [1.29, 1.82) is 0 Å². The summed E-state index contributed by atoms with van der Waals surface area (Å²) >= 11 is 0. The number of nitrogens with one attached hydrogen (secondary N) is 1. The van der Waals surface area contributed by atoms with Crippen LogP contribution in [0.1, 0.15) is 5.56 Å². The van der Waals surface area contributed by atoms with Crippen LogP contribution >= 0.6 is 0 Å². The summed E-state index contributed by atoms with van der Waals surface area (Å²) in [6.07, 6.45) is 9.13. The third kappa shape index (κ3) is 3.59. The molecule has 0 unspecified atom stereocenters. The Labute approximate surface area is 177 Å². The van der Waals surface area contributed by atoms with Gasteiger partial charge < -0.3 is 15.5 Å². The van der Waals surface area contributed by atoms with Crippen molar-refractivity contribution in [3.05, 3.63) is 78.8 Å². The van der Waals surface area contributed by atoms with E-state index in [4.69, 9.17) is 10.5 Å². The predicted molar refractivity (Wildman–Crippen MR) is 117 cm³/mol. The number of aromatic amines is 1. The number of rotatable bonds is 5. The third-order valence-electron chi connectivity index (χ3n) is 5.11. The van der Waals surface area contributed by atoms with Crippen molar-refractivity contribution >= 4 is 16.7 Å². The highest BCUT2D eigenvalue weighted by molar-refractivity contribution is 5.95. The van der Waals surface area contributed by atoms with Crippen LogP contribution in [0.2, 0.25) is 0 Å². The van der Waals surface area contributed by atoms with Gasteiger partial charge in [-0.05, 0) is 29.8 Å². The number of anilines is 1. The zero-order valence-electron chi connectivity index (χ0n) is 16.7. The second-order valence-corrected chi connectivity index (χ2v) is 7.20. The standard InChI is InChI=1S/C23H19FN6O/c1-31-23-21(25)7-16(9-28-23)15-6-19-20(11-27-22(19)26-8-15)17-10-29-30(13-17)12-14-3-2-4-18(24)5-14/h2-11,13H,12,25H2,1H3,(H,26,27). The van der Waals surface area contributed by atoms with Crippen LogP contribution < -0.4 is 10.5 Å². The van der Waals surface area contributed by atoms with Gasteiger partial charge in [0, 0.05) is 52.4 Å². The van der Waals surface area contributed by atoms with Gasteiger partial charge in [-0.3, -0.25) is 4.68 Å². The van der Waals surface area contributed by atoms with Crippen molar-refractivity contribution in [3.8, 4) is 28.1 Å². The van der Waals surface area contributed by atoms with E-state index in [1.54, 1.807) is 29.3 Å². The van der Waals surface area contributed by atoms with E-state index in [1.165, 1.54) is 19.2 Å². The molecule has 5 aromatic rings. The van der Waals surface area contributed by atoms with Gasteiger partial charge in [-0.15, -0.1) is 0 Å². The maximum atomic E-state index is 13.5. The number of methoxy groups -OCH3 is 1. The van der Waals surface area contributed by atoms with E-state index in [0.717, 1.165) is 38.9 Å². The molecule has 5 rings (SSSR count). The summed E-state index contributed by atoms with van der Waals surface area (Å²) in [6, 6.07) is 10.4. The Bertz CT molecular complexity index is 1390. The Balaban J connectivity index is 1.49. The first kappa shape index (κ1) is 18.8. The topological polar surface area (TPSA) is 94.6 Å². The zero-order valence-corrected chi connectivity index (χ0v) is 16.7. The van der Waals surface area contributed by atoms with Crippen molar-refractivity contribution in [2.75, 3.05) is 12.8 Å². The number of aromatic nitrogens is 5. The van der Waals surface area contributed by atoms with E-state index < -0.39 is 0 Å². The molecule has 0 bridgehead atoms. The van der Waals surface area contributed by atoms with Crippen molar-refractivity contribution in [3.63, 3.8) is 0 Å². The number of hydrogen-bond acceptors (Lipinski definition) is 5. The predicted octanol–water partition coefficient (Wildman–Crippen LogP) is 4.27. The maximum Gasteiger partial charge on any atom is 0.236 e. The molecule has 0 fully saturated rings. The molecule has 4 aromatic heterocycles. The minimum atomic E-state index is -0.256. The van der Waals surface area contributed by atoms with Crippen molar-refractivity contribution in [2.45, 2.75) is 6.54 Å². The average Bonchev–Trinajstić information content (AvgIpc) is 3.40. The molecule has 8 heteroatoms. The summed E-state index contributed by atoms with van der Waals surface area (Å²) in [4.78, 5) is 12.0. The lowest BCUT2D eigenvalue weighted by atomic mass is 10.0. The molecule has 0 amide bonds. The first-order valence-corrected chi connectivity index (χ1v) is 9.65. The van der Waals surface area contributed by atoms with Crippen LogP contribution in [-0.2, 0) is 6.54 Å². The summed E-state index contributed by atoms with van der Waals surface area (Å²) in [7, 11) is 1.53. The van der Waals surface area contributed by atoms with Gasteiger partial charge in [0.25, 0.3) is 0 Å². The highest BCUT2D eigenvalue weighted by Crippen LogP contribution is 2.32. The molecule has 154 valence electrons. The van der Waals surface area contributed by atoms with Crippen LogP contribution in [0.5, 0.6) is 5.88 Å². The molecular formula is C23H19FN6O. The van der Waals surface area contributed by atoms with Crippen molar-refractivity contribution in [2.24, 2.45) is 0 Å². The molecule has 0 aliphatic heterocycles. The fourth-order valence-corrected chi connectivity index (χ4v) is 3.61. The number of nitrogen functional groups attached to an aromatic ring is 1. The Morgan fingerprint density at radius 3 is 2.71 bits per heavy atom. The maximum absolute atomic E-state index is 13.5. The lowest BCUT2D eigenvalue weighted by molar-refractivity contribution is 0.400. The number of H-pyrrole nitrogens is 1. The van der Waals surface area contributed by atoms with Gasteiger partial charge >= 0.3 is 0 Å². The highest BCUT2D eigenvalue weighted by Gasteiger charge is 2.12. The number of hydrogen-bond donors (Lipinski definition) is 2. The Morgan fingerprint density at radius 1 is 1.06 bits per heavy atom. The molecule has 0 spiro atoms. The molecule has 0 atom stereocenters. The fraction of sp³-hybridized carbons (Fsp3) is 0.0870. The van der Waals surface area contributed by atoms with E-state index in [9.17, 15) is 4.39 Å². The van der Waals surface area contributed by atoms with Crippen LogP contribution in [0.3, 0.4) is 0 Å². The summed E-state index contributed by atoms with van der Waals surface area (Å²) in [6.45, 7) is 0.487. The minimum Gasteiger partial charge on any atom is -0.480 e. The second-order valence-electron chi connectivity index (χ2n) is 7.20. The monoisotopic (exact) mass is 414 g/mol. The molecule has 0 saturated heterocycles. The van der Waals surface area contributed by atoms with Crippen LogP contribution in [0, 0.1) is 5.82 Å². The van der Waals surface area contributed by atoms with E-state index in [-0.39, 0.29) is 5.82 Å². The molecular weight excluding hydrogens is 395 g/mol. The number of benzene rings is 1. The number of nitrogens with two attached hydrogens (primary N) is 1. The van der Waals surface area contributed by atoms with Crippen LogP contribution in [0.25, 0.3) is 33.3 Å². The SMILES string of the molecule is COc1ncc(-c2cnc3[nH]cc(-c4cnn(Cc5cccc(F)c5)c4)c3c2)cc1N. The van der Waals surface area contributed by atoms with E-state index in [1.807, 2.05) is 30.6 Å².